The van der Waals surface area contributed by atoms with E-state index >= 15 is 0 Å². The Labute approximate surface area is 151 Å². The summed E-state index contributed by atoms with van der Waals surface area (Å²) in [7, 11) is 0. The second-order valence-electron chi connectivity index (χ2n) is 7.49. The highest BCUT2D eigenvalue weighted by molar-refractivity contribution is 5.98. The molecule has 136 valence electrons. The highest BCUT2D eigenvalue weighted by Crippen LogP contribution is 2.21. The van der Waals surface area contributed by atoms with Crippen LogP contribution < -0.4 is 5.32 Å². The van der Waals surface area contributed by atoms with Gasteiger partial charge in [-0.15, -0.1) is 0 Å². The first-order chi connectivity index (χ1) is 12.2. The summed E-state index contributed by atoms with van der Waals surface area (Å²) in [6, 6.07) is 8.93. The smallest absolute Gasteiger partial charge is 0.223 e. The second-order valence-corrected chi connectivity index (χ2v) is 7.49. The van der Waals surface area contributed by atoms with Crippen molar-refractivity contribution in [1.82, 2.24) is 10.2 Å². The first-order valence-electron chi connectivity index (χ1n) is 9.81. The maximum atomic E-state index is 12.5. The minimum absolute atomic E-state index is 0.0739. The number of carbonyl (C=O) groups is 2. The van der Waals surface area contributed by atoms with E-state index in [1.807, 2.05) is 29.2 Å². The van der Waals surface area contributed by atoms with Crippen LogP contribution in [0.5, 0.6) is 0 Å². The molecule has 0 spiro atoms. The average Bonchev–Trinajstić information content (AvgIpc) is 2.96. The van der Waals surface area contributed by atoms with Gasteiger partial charge in [-0.2, -0.15) is 0 Å². The van der Waals surface area contributed by atoms with Gasteiger partial charge in [0.05, 0.1) is 0 Å². The van der Waals surface area contributed by atoms with Gasteiger partial charge in [0.2, 0.25) is 5.91 Å². The first-order valence-corrected chi connectivity index (χ1v) is 9.81. The maximum absolute atomic E-state index is 12.5. The topological polar surface area (TPSA) is 49.4 Å². The van der Waals surface area contributed by atoms with E-state index in [4.69, 9.17) is 0 Å². The fraction of sp³-hybridized carbons (Fsp3) is 0.619. The van der Waals surface area contributed by atoms with E-state index in [0.717, 1.165) is 37.9 Å². The van der Waals surface area contributed by atoms with E-state index in [1.54, 1.807) is 0 Å². The van der Waals surface area contributed by atoms with Gasteiger partial charge < -0.3 is 10.2 Å². The number of Topliss-reactive ketones (excluding diaryl/α,β-unsaturated/α-hetero) is 1. The molecular formula is C21H30N2O2. The molecule has 0 aromatic heterocycles. The van der Waals surface area contributed by atoms with Crippen molar-refractivity contribution in [2.45, 2.75) is 70.4 Å². The van der Waals surface area contributed by atoms with Gasteiger partial charge in [-0.05, 0) is 37.7 Å². The summed E-state index contributed by atoms with van der Waals surface area (Å²) in [6.45, 7) is 3.81. The molecule has 2 unspecified atom stereocenters. The molecule has 3 rings (SSSR count). The van der Waals surface area contributed by atoms with Crippen LogP contribution in [0.3, 0.4) is 0 Å². The van der Waals surface area contributed by atoms with Crippen molar-refractivity contribution in [1.29, 1.82) is 0 Å². The molecule has 2 atom stereocenters. The Kier molecular flexibility index (Phi) is 6.24. The van der Waals surface area contributed by atoms with Gasteiger partial charge in [0.25, 0.3) is 0 Å². The van der Waals surface area contributed by atoms with Gasteiger partial charge in [0.15, 0.2) is 5.78 Å². The van der Waals surface area contributed by atoms with E-state index in [2.05, 4.69) is 12.2 Å². The largest absolute Gasteiger partial charge is 0.341 e. The lowest BCUT2D eigenvalue weighted by Crippen LogP contribution is -2.39. The lowest BCUT2D eigenvalue weighted by Gasteiger charge is -2.24. The second kappa shape index (κ2) is 8.61. The van der Waals surface area contributed by atoms with Crippen molar-refractivity contribution < 1.29 is 9.59 Å². The minimum Gasteiger partial charge on any atom is -0.341 e. The van der Waals surface area contributed by atoms with Crippen LogP contribution in [-0.4, -0.2) is 41.8 Å². The van der Waals surface area contributed by atoms with Crippen molar-refractivity contribution in [3.63, 3.8) is 0 Å². The molecule has 1 amide bonds. The van der Waals surface area contributed by atoms with E-state index in [-0.39, 0.29) is 11.7 Å². The summed E-state index contributed by atoms with van der Waals surface area (Å²) < 4.78 is 0. The quantitative estimate of drug-likeness (QED) is 0.773. The van der Waals surface area contributed by atoms with Gasteiger partial charge in [0, 0.05) is 43.6 Å². The number of aryl methyl sites for hydroxylation is 1. The number of hydrogen-bond acceptors (Lipinski definition) is 3. The molecule has 0 radical (unpaired) electrons. The van der Waals surface area contributed by atoms with Crippen LogP contribution in [-0.2, 0) is 11.2 Å². The normalized spacial score (nSPS) is 22.7. The fourth-order valence-corrected chi connectivity index (χ4v) is 3.93. The third kappa shape index (κ3) is 4.91. The summed E-state index contributed by atoms with van der Waals surface area (Å²) in [5, 5.41) is 3.59. The number of amides is 1. The number of ketones is 1. The van der Waals surface area contributed by atoms with Crippen molar-refractivity contribution >= 4 is 11.7 Å². The minimum atomic E-state index is 0.0739. The summed E-state index contributed by atoms with van der Waals surface area (Å²) >= 11 is 0. The van der Waals surface area contributed by atoms with E-state index in [9.17, 15) is 9.59 Å². The van der Waals surface area contributed by atoms with E-state index < -0.39 is 0 Å². The van der Waals surface area contributed by atoms with E-state index in [1.165, 1.54) is 24.8 Å². The number of unbranched alkanes of at least 4 members (excludes halogenated alkanes) is 1. The van der Waals surface area contributed by atoms with Crippen molar-refractivity contribution in [3.05, 3.63) is 35.4 Å². The summed E-state index contributed by atoms with van der Waals surface area (Å²) in [5.74, 6) is 0.201. The zero-order valence-electron chi connectivity index (χ0n) is 15.3. The van der Waals surface area contributed by atoms with Crippen molar-refractivity contribution in [2.24, 2.45) is 0 Å². The molecule has 4 nitrogen and oxygen atoms in total. The van der Waals surface area contributed by atoms with Crippen molar-refractivity contribution in [2.75, 3.05) is 13.1 Å². The lowest BCUT2D eigenvalue weighted by molar-refractivity contribution is -0.131. The number of benzene rings is 1. The molecular weight excluding hydrogens is 312 g/mol. The van der Waals surface area contributed by atoms with E-state index in [0.29, 0.717) is 24.9 Å². The standard InChI is InChI=1S/C21H30N2O2/c1-2-3-4-16-5-7-17(8-6-16)20(24)11-12-21(25)23-14-13-18-9-10-19(15-23)22-18/h5-8,18-19,22H,2-4,9-15H2,1H3. The highest BCUT2D eigenvalue weighted by Gasteiger charge is 2.31. The van der Waals surface area contributed by atoms with Crippen LogP contribution in [0.1, 0.15) is 67.8 Å². The number of hydrogen-bond donors (Lipinski definition) is 1. The summed E-state index contributed by atoms with van der Waals surface area (Å²) in [5.41, 5.74) is 2.01. The van der Waals surface area contributed by atoms with Crippen LogP contribution in [0, 0.1) is 0 Å². The molecule has 0 aliphatic carbocycles. The molecule has 4 heteroatoms. The summed E-state index contributed by atoms with van der Waals surface area (Å²) in [4.78, 5) is 26.8. The number of carbonyl (C=O) groups excluding carboxylic acids is 2. The number of nitrogens with zero attached hydrogens (tertiary/aromatic N) is 1. The molecule has 2 fully saturated rings. The molecule has 25 heavy (non-hydrogen) atoms. The lowest BCUT2D eigenvalue weighted by atomic mass is 10.0. The number of nitrogens with one attached hydrogen (secondary N) is 1. The Hall–Kier alpha value is -1.68. The highest BCUT2D eigenvalue weighted by atomic mass is 16.2. The molecule has 2 aliphatic heterocycles. The zero-order valence-corrected chi connectivity index (χ0v) is 15.3. The number of fused-ring (bicyclic) bond motifs is 2. The number of rotatable bonds is 7. The van der Waals surface area contributed by atoms with Crippen LogP contribution in [0.25, 0.3) is 0 Å². The molecule has 2 saturated heterocycles. The van der Waals surface area contributed by atoms with Gasteiger partial charge >= 0.3 is 0 Å². The average molecular weight is 342 g/mol. The first kappa shape index (κ1) is 18.1. The zero-order chi connectivity index (χ0) is 17.6. The van der Waals surface area contributed by atoms with Gasteiger partial charge in [-0.1, -0.05) is 37.6 Å². The summed E-state index contributed by atoms with van der Waals surface area (Å²) in [6.07, 6.45) is 7.49. The van der Waals surface area contributed by atoms with Gasteiger partial charge in [0.1, 0.15) is 0 Å². The third-order valence-corrected chi connectivity index (χ3v) is 5.54. The predicted molar refractivity (Wildman–Crippen MR) is 99.8 cm³/mol. The third-order valence-electron chi connectivity index (χ3n) is 5.54. The van der Waals surface area contributed by atoms with Gasteiger partial charge in [-0.3, -0.25) is 9.59 Å². The molecule has 0 saturated carbocycles. The molecule has 2 aliphatic rings. The van der Waals surface area contributed by atoms with Crippen LogP contribution in [0.4, 0.5) is 0 Å². The molecule has 1 N–H and O–H groups in total. The Balaban J connectivity index is 1.47. The predicted octanol–water partition coefficient (Wildman–Crippen LogP) is 3.35. The molecule has 1 aromatic rings. The Morgan fingerprint density at radius 3 is 2.60 bits per heavy atom. The van der Waals surface area contributed by atoms with Crippen molar-refractivity contribution in [3.8, 4) is 0 Å². The van der Waals surface area contributed by atoms with Crippen LogP contribution in [0.2, 0.25) is 0 Å². The number of likely N-dealkylation sites (tertiary alicyclic amines) is 1. The Bertz CT molecular complexity index is 596. The maximum Gasteiger partial charge on any atom is 0.223 e. The molecule has 2 heterocycles. The SMILES string of the molecule is CCCCc1ccc(C(=O)CCC(=O)N2CCC3CCC(C2)N3)cc1. The van der Waals surface area contributed by atoms with Crippen LogP contribution >= 0.6 is 0 Å². The monoisotopic (exact) mass is 342 g/mol. The van der Waals surface area contributed by atoms with Gasteiger partial charge in [-0.25, -0.2) is 0 Å². The Morgan fingerprint density at radius 1 is 1.08 bits per heavy atom. The Morgan fingerprint density at radius 2 is 1.84 bits per heavy atom. The fourth-order valence-electron chi connectivity index (χ4n) is 3.93. The van der Waals surface area contributed by atoms with Crippen LogP contribution in [0.15, 0.2) is 24.3 Å². The molecule has 2 bridgehead atoms. The molecule has 1 aromatic carbocycles.